The standard InChI is InChI=1S/C10H21N3O2/c1-2-3-4-5-12-9(14)10-13(8-11)6-7-15-10/h10H,2-8,11H2,1H3,(H,12,14). The fraction of sp³-hybridized carbons (Fsp3) is 0.900. The van der Waals surface area contributed by atoms with Crippen LogP contribution in [0.3, 0.4) is 0 Å². The van der Waals surface area contributed by atoms with Crippen molar-refractivity contribution < 1.29 is 9.53 Å². The summed E-state index contributed by atoms with van der Waals surface area (Å²) in [7, 11) is 0. The van der Waals surface area contributed by atoms with Gasteiger partial charge in [-0.15, -0.1) is 0 Å². The Hall–Kier alpha value is -0.650. The molecule has 0 aromatic carbocycles. The molecule has 0 aromatic heterocycles. The first kappa shape index (κ1) is 12.4. The van der Waals surface area contributed by atoms with Crippen LogP contribution in [0.5, 0.6) is 0 Å². The highest BCUT2D eigenvalue weighted by Crippen LogP contribution is 2.07. The van der Waals surface area contributed by atoms with Gasteiger partial charge < -0.3 is 15.8 Å². The lowest BCUT2D eigenvalue weighted by molar-refractivity contribution is -0.136. The van der Waals surface area contributed by atoms with Crippen molar-refractivity contribution in [3.8, 4) is 0 Å². The predicted octanol–water partition coefficient (Wildman–Crippen LogP) is -0.133. The van der Waals surface area contributed by atoms with Gasteiger partial charge >= 0.3 is 0 Å². The van der Waals surface area contributed by atoms with Crippen LogP contribution in [-0.2, 0) is 9.53 Å². The Morgan fingerprint density at radius 3 is 3.07 bits per heavy atom. The van der Waals surface area contributed by atoms with E-state index in [4.69, 9.17) is 10.5 Å². The predicted molar refractivity (Wildman–Crippen MR) is 58.0 cm³/mol. The number of unbranched alkanes of at least 4 members (excludes halogenated alkanes) is 2. The summed E-state index contributed by atoms with van der Waals surface area (Å²) in [6.45, 7) is 4.56. The molecule has 0 aliphatic carbocycles. The van der Waals surface area contributed by atoms with E-state index in [0.29, 0.717) is 13.3 Å². The highest BCUT2D eigenvalue weighted by atomic mass is 16.5. The smallest absolute Gasteiger partial charge is 0.264 e. The fourth-order valence-corrected chi connectivity index (χ4v) is 1.61. The van der Waals surface area contributed by atoms with E-state index in [1.807, 2.05) is 4.90 Å². The average Bonchev–Trinajstić information content (AvgIpc) is 2.72. The van der Waals surface area contributed by atoms with Gasteiger partial charge in [-0.3, -0.25) is 9.69 Å². The minimum Gasteiger partial charge on any atom is -0.353 e. The van der Waals surface area contributed by atoms with Gasteiger partial charge in [0.1, 0.15) is 0 Å². The van der Waals surface area contributed by atoms with E-state index in [0.717, 1.165) is 32.4 Å². The number of nitrogens with one attached hydrogen (secondary N) is 1. The van der Waals surface area contributed by atoms with Crippen LogP contribution < -0.4 is 11.1 Å². The van der Waals surface area contributed by atoms with Gasteiger partial charge in [-0.05, 0) is 6.42 Å². The molecule has 0 spiro atoms. The summed E-state index contributed by atoms with van der Waals surface area (Å²) in [6.07, 6.45) is 2.85. The van der Waals surface area contributed by atoms with Crippen LogP contribution in [0.1, 0.15) is 26.2 Å². The van der Waals surface area contributed by atoms with Gasteiger partial charge in [-0.1, -0.05) is 19.8 Å². The molecule has 15 heavy (non-hydrogen) atoms. The number of nitrogens with two attached hydrogens (primary N) is 1. The van der Waals surface area contributed by atoms with Gasteiger partial charge in [0.25, 0.3) is 5.91 Å². The van der Waals surface area contributed by atoms with E-state index in [9.17, 15) is 4.79 Å². The van der Waals surface area contributed by atoms with Gasteiger partial charge in [0.15, 0.2) is 6.23 Å². The van der Waals surface area contributed by atoms with Gasteiger partial charge in [0.05, 0.1) is 6.61 Å². The molecule has 1 rings (SSSR count). The van der Waals surface area contributed by atoms with Crippen LogP contribution in [0.15, 0.2) is 0 Å². The zero-order valence-electron chi connectivity index (χ0n) is 9.37. The minimum atomic E-state index is -0.475. The Balaban J connectivity index is 2.21. The van der Waals surface area contributed by atoms with Crippen LogP contribution in [-0.4, -0.2) is 43.4 Å². The molecule has 1 atom stereocenters. The number of nitrogens with zero attached hydrogens (tertiary/aromatic N) is 1. The summed E-state index contributed by atoms with van der Waals surface area (Å²) in [4.78, 5) is 13.5. The summed E-state index contributed by atoms with van der Waals surface area (Å²) in [5.41, 5.74) is 5.50. The van der Waals surface area contributed by atoms with E-state index < -0.39 is 6.23 Å². The average molecular weight is 215 g/mol. The van der Waals surface area contributed by atoms with Crippen LogP contribution >= 0.6 is 0 Å². The quantitative estimate of drug-likeness (QED) is 0.606. The number of hydrogen-bond acceptors (Lipinski definition) is 4. The van der Waals surface area contributed by atoms with Crippen LogP contribution in [0.25, 0.3) is 0 Å². The van der Waals surface area contributed by atoms with Crippen molar-refractivity contribution in [1.82, 2.24) is 10.2 Å². The minimum absolute atomic E-state index is 0.0611. The Kier molecular flexibility index (Phi) is 5.60. The highest BCUT2D eigenvalue weighted by molar-refractivity contribution is 5.80. The molecule has 1 unspecified atom stereocenters. The number of carbonyl (C=O) groups excluding carboxylic acids is 1. The molecule has 1 fully saturated rings. The van der Waals surface area contributed by atoms with Crippen molar-refractivity contribution in [3.63, 3.8) is 0 Å². The largest absolute Gasteiger partial charge is 0.353 e. The fourth-order valence-electron chi connectivity index (χ4n) is 1.61. The zero-order valence-corrected chi connectivity index (χ0v) is 9.37. The highest BCUT2D eigenvalue weighted by Gasteiger charge is 2.30. The van der Waals surface area contributed by atoms with Gasteiger partial charge in [-0.2, -0.15) is 0 Å². The zero-order chi connectivity index (χ0) is 11.1. The van der Waals surface area contributed by atoms with Crippen LogP contribution in [0, 0.1) is 0 Å². The Morgan fingerprint density at radius 1 is 1.60 bits per heavy atom. The van der Waals surface area contributed by atoms with Crippen LogP contribution in [0.2, 0.25) is 0 Å². The normalized spacial score (nSPS) is 21.9. The topological polar surface area (TPSA) is 67.6 Å². The molecule has 1 aliphatic rings. The molecule has 1 saturated heterocycles. The van der Waals surface area contributed by atoms with Gasteiger partial charge in [0, 0.05) is 19.8 Å². The lowest BCUT2D eigenvalue weighted by Gasteiger charge is -2.19. The van der Waals surface area contributed by atoms with Gasteiger partial charge in [0.2, 0.25) is 0 Å². The van der Waals surface area contributed by atoms with Gasteiger partial charge in [-0.25, -0.2) is 0 Å². The lowest BCUT2D eigenvalue weighted by atomic mass is 10.2. The molecule has 3 N–H and O–H groups in total. The van der Waals surface area contributed by atoms with Crippen molar-refractivity contribution in [2.24, 2.45) is 5.73 Å². The Labute approximate surface area is 90.9 Å². The van der Waals surface area contributed by atoms with Crippen molar-refractivity contribution in [1.29, 1.82) is 0 Å². The van der Waals surface area contributed by atoms with E-state index in [1.54, 1.807) is 0 Å². The molecule has 0 radical (unpaired) electrons. The second-order valence-electron chi connectivity index (χ2n) is 3.72. The first-order valence-electron chi connectivity index (χ1n) is 5.63. The Bertz CT molecular complexity index is 199. The monoisotopic (exact) mass is 215 g/mol. The molecule has 88 valence electrons. The molecule has 5 nitrogen and oxygen atoms in total. The molecule has 1 amide bonds. The molecular weight excluding hydrogens is 194 g/mol. The lowest BCUT2D eigenvalue weighted by Crippen LogP contribution is -2.46. The number of ether oxygens (including phenoxy) is 1. The van der Waals surface area contributed by atoms with E-state index >= 15 is 0 Å². The van der Waals surface area contributed by atoms with E-state index in [-0.39, 0.29) is 5.91 Å². The molecule has 0 bridgehead atoms. The molecular formula is C10H21N3O2. The summed E-state index contributed by atoms with van der Waals surface area (Å²) >= 11 is 0. The molecule has 0 aromatic rings. The maximum absolute atomic E-state index is 11.6. The third-order valence-corrected chi connectivity index (χ3v) is 2.52. The van der Waals surface area contributed by atoms with Crippen molar-refractivity contribution in [2.75, 3.05) is 26.4 Å². The Morgan fingerprint density at radius 2 is 2.40 bits per heavy atom. The summed E-state index contributed by atoms with van der Waals surface area (Å²) in [5, 5.41) is 2.86. The third kappa shape index (κ3) is 3.77. The summed E-state index contributed by atoms with van der Waals surface area (Å²) in [6, 6.07) is 0. The molecule has 0 saturated carbocycles. The molecule has 1 aliphatic heterocycles. The number of rotatable bonds is 6. The first-order chi connectivity index (χ1) is 7.29. The summed E-state index contributed by atoms with van der Waals surface area (Å²) < 4.78 is 5.31. The molecule has 5 heteroatoms. The maximum atomic E-state index is 11.6. The van der Waals surface area contributed by atoms with Crippen molar-refractivity contribution >= 4 is 5.91 Å². The van der Waals surface area contributed by atoms with Crippen molar-refractivity contribution in [3.05, 3.63) is 0 Å². The second kappa shape index (κ2) is 6.76. The SMILES string of the molecule is CCCCCNC(=O)C1OCCN1CN. The van der Waals surface area contributed by atoms with E-state index in [2.05, 4.69) is 12.2 Å². The molecule has 1 heterocycles. The van der Waals surface area contributed by atoms with Crippen LogP contribution in [0.4, 0.5) is 0 Å². The number of hydrogen-bond donors (Lipinski definition) is 2. The second-order valence-corrected chi connectivity index (χ2v) is 3.72. The van der Waals surface area contributed by atoms with Crippen molar-refractivity contribution in [2.45, 2.75) is 32.4 Å². The summed E-state index contributed by atoms with van der Waals surface area (Å²) in [5.74, 6) is -0.0611. The third-order valence-electron chi connectivity index (χ3n) is 2.52. The van der Waals surface area contributed by atoms with E-state index in [1.165, 1.54) is 0 Å². The first-order valence-corrected chi connectivity index (χ1v) is 5.63. The number of amides is 1. The maximum Gasteiger partial charge on any atom is 0.264 e. The number of carbonyl (C=O) groups is 1.